The van der Waals surface area contributed by atoms with Crippen molar-refractivity contribution >= 4 is 41.2 Å². The third-order valence-electron chi connectivity index (χ3n) is 6.40. The number of fused-ring (bicyclic) bond motifs is 1. The molecule has 1 fully saturated rings. The number of piperazine rings is 1. The van der Waals surface area contributed by atoms with Gasteiger partial charge in [-0.25, -0.2) is 8.70 Å². The first-order chi connectivity index (χ1) is 16.6. The second-order valence-corrected chi connectivity index (χ2v) is 13.1. The number of nitrogens with zero attached hydrogens (tertiary/aromatic N) is 3. The molecule has 0 amide bonds. The fourth-order valence-electron chi connectivity index (χ4n) is 4.84. The van der Waals surface area contributed by atoms with Gasteiger partial charge >= 0.3 is 0 Å². The summed E-state index contributed by atoms with van der Waals surface area (Å²) < 4.78 is 21.6. The van der Waals surface area contributed by atoms with Crippen LogP contribution in [0.1, 0.15) is 25.8 Å². The highest BCUT2D eigenvalue weighted by molar-refractivity contribution is 8.17. The largest absolute Gasteiger partial charge is 0.496 e. The quantitative estimate of drug-likeness (QED) is 0.277. The van der Waals surface area contributed by atoms with Gasteiger partial charge in [-0.05, 0) is 72.8 Å². The van der Waals surface area contributed by atoms with Crippen LogP contribution < -0.4 is 9.64 Å². The molecule has 0 saturated carbocycles. The van der Waals surface area contributed by atoms with E-state index in [-0.39, 0.29) is 9.90 Å². The molecule has 2 aromatic rings. The maximum Gasteiger partial charge on any atom is 0.125 e. The number of ether oxygens (including phenoxy) is 1. The molecule has 0 aliphatic carbocycles. The summed E-state index contributed by atoms with van der Waals surface area (Å²) in [6, 6.07) is 13.4. The van der Waals surface area contributed by atoms with Crippen LogP contribution in [0.15, 0.2) is 47.4 Å². The topological polar surface area (TPSA) is 19.0 Å². The fraction of sp³-hybridized carbons (Fsp3) is 0.538. The lowest BCUT2D eigenvalue weighted by molar-refractivity contribution is 0.246. The Labute approximate surface area is 217 Å². The van der Waals surface area contributed by atoms with Gasteiger partial charge in [-0.1, -0.05) is 19.9 Å². The summed E-state index contributed by atoms with van der Waals surface area (Å²) in [6.45, 7) is 11.9. The van der Waals surface area contributed by atoms with Gasteiger partial charge in [-0.3, -0.25) is 4.90 Å². The van der Waals surface area contributed by atoms with Crippen LogP contribution in [0.25, 0.3) is 0 Å². The van der Waals surface area contributed by atoms with Crippen LogP contribution in [-0.2, 0) is 4.08 Å². The number of anilines is 1. The first-order valence-electron chi connectivity index (χ1n) is 12.2. The van der Waals surface area contributed by atoms with Crippen LogP contribution in [0.4, 0.5) is 10.1 Å². The maximum atomic E-state index is 13.2. The average Bonchev–Trinajstić information content (AvgIpc) is 2.85. The SMILES string of the molecule is CCSC1(SCC)CN(CCCN2CCN(c3ccc(F)cc3)CC2)Sc2cccc(OC)c21. The highest BCUT2D eigenvalue weighted by Gasteiger charge is 2.43. The minimum absolute atomic E-state index is 0.0114. The monoisotopic (exact) mass is 521 g/mol. The second-order valence-electron chi connectivity index (χ2n) is 8.57. The Morgan fingerprint density at radius 2 is 1.68 bits per heavy atom. The van der Waals surface area contributed by atoms with Crippen molar-refractivity contribution in [3.63, 3.8) is 0 Å². The number of benzene rings is 2. The molecule has 2 heterocycles. The minimum atomic E-state index is -0.169. The Bertz CT molecular complexity index is 916. The van der Waals surface area contributed by atoms with Crippen LogP contribution >= 0.6 is 35.5 Å². The molecule has 34 heavy (non-hydrogen) atoms. The highest BCUT2D eigenvalue weighted by Crippen LogP contribution is 2.57. The first-order valence-corrected chi connectivity index (χ1v) is 14.9. The van der Waals surface area contributed by atoms with Gasteiger partial charge in [-0.15, -0.1) is 23.5 Å². The molecule has 2 aromatic carbocycles. The lowest BCUT2D eigenvalue weighted by Gasteiger charge is -2.43. The summed E-state index contributed by atoms with van der Waals surface area (Å²) in [4.78, 5) is 6.26. The van der Waals surface area contributed by atoms with E-state index in [0.717, 1.165) is 75.2 Å². The molecule has 4 rings (SSSR count). The fourth-order valence-corrected chi connectivity index (χ4v) is 9.57. The Kier molecular flexibility index (Phi) is 9.38. The van der Waals surface area contributed by atoms with E-state index in [1.54, 1.807) is 19.2 Å². The predicted molar refractivity (Wildman–Crippen MR) is 148 cm³/mol. The zero-order chi connectivity index (χ0) is 24.0. The van der Waals surface area contributed by atoms with Crippen molar-refractivity contribution in [1.29, 1.82) is 0 Å². The zero-order valence-corrected chi connectivity index (χ0v) is 22.9. The summed E-state index contributed by atoms with van der Waals surface area (Å²) in [7, 11) is 1.79. The summed E-state index contributed by atoms with van der Waals surface area (Å²) >= 11 is 5.99. The Hall–Kier alpha value is -1.06. The number of hydrogen-bond acceptors (Lipinski definition) is 7. The van der Waals surface area contributed by atoms with Crippen molar-refractivity contribution in [2.45, 2.75) is 29.2 Å². The van der Waals surface area contributed by atoms with E-state index in [1.165, 1.54) is 10.5 Å². The lowest BCUT2D eigenvalue weighted by atomic mass is 10.1. The van der Waals surface area contributed by atoms with Crippen molar-refractivity contribution in [2.24, 2.45) is 0 Å². The Morgan fingerprint density at radius 3 is 2.32 bits per heavy atom. The van der Waals surface area contributed by atoms with Crippen LogP contribution in [0.5, 0.6) is 5.75 Å². The highest BCUT2D eigenvalue weighted by atomic mass is 32.2. The van der Waals surface area contributed by atoms with Gasteiger partial charge in [0.15, 0.2) is 0 Å². The van der Waals surface area contributed by atoms with Gasteiger partial charge in [0.25, 0.3) is 0 Å². The number of halogens is 1. The number of rotatable bonds is 10. The standard InChI is InChI=1S/C26H36FN3OS3/c1-4-32-26(33-5-2)20-30(34-24-9-6-8-23(31-3)25(24)26)15-7-14-28-16-18-29(19-17-28)22-12-10-21(27)11-13-22/h6,8-13H,4-5,7,14-20H2,1-3H3. The van der Waals surface area contributed by atoms with E-state index < -0.39 is 0 Å². The number of methoxy groups -OCH3 is 1. The zero-order valence-electron chi connectivity index (χ0n) is 20.5. The van der Waals surface area contributed by atoms with E-state index >= 15 is 0 Å². The molecular formula is C26H36FN3OS3. The van der Waals surface area contributed by atoms with Crippen molar-refractivity contribution in [3.05, 3.63) is 53.8 Å². The van der Waals surface area contributed by atoms with Gasteiger partial charge in [0, 0.05) is 55.4 Å². The van der Waals surface area contributed by atoms with E-state index in [1.807, 2.05) is 47.6 Å². The minimum Gasteiger partial charge on any atom is -0.496 e. The number of hydrogen-bond donors (Lipinski definition) is 0. The van der Waals surface area contributed by atoms with Gasteiger partial charge in [-0.2, -0.15) is 0 Å². The van der Waals surface area contributed by atoms with Crippen LogP contribution in [-0.4, -0.2) is 73.6 Å². The van der Waals surface area contributed by atoms with Gasteiger partial charge < -0.3 is 9.64 Å². The summed E-state index contributed by atoms with van der Waals surface area (Å²) in [5.74, 6) is 3.02. The van der Waals surface area contributed by atoms with E-state index in [2.05, 4.69) is 46.2 Å². The van der Waals surface area contributed by atoms with E-state index in [9.17, 15) is 4.39 Å². The third kappa shape index (κ3) is 6.01. The van der Waals surface area contributed by atoms with Gasteiger partial charge in [0.05, 0.1) is 7.11 Å². The molecule has 0 atom stereocenters. The molecule has 2 aliphatic heterocycles. The predicted octanol–water partition coefficient (Wildman–Crippen LogP) is 6.03. The van der Waals surface area contributed by atoms with Gasteiger partial charge in [0.2, 0.25) is 0 Å². The molecule has 186 valence electrons. The molecule has 1 saturated heterocycles. The Morgan fingerprint density at radius 1 is 0.971 bits per heavy atom. The normalized spacial score (nSPS) is 18.6. The number of thioether (sulfide) groups is 2. The molecule has 0 unspecified atom stereocenters. The van der Waals surface area contributed by atoms with E-state index in [0.29, 0.717) is 0 Å². The molecular weight excluding hydrogens is 486 g/mol. The second kappa shape index (κ2) is 12.3. The lowest BCUT2D eigenvalue weighted by Crippen LogP contribution is -2.47. The van der Waals surface area contributed by atoms with Crippen LogP contribution in [0.2, 0.25) is 0 Å². The maximum absolute atomic E-state index is 13.2. The van der Waals surface area contributed by atoms with Crippen molar-refractivity contribution < 1.29 is 9.13 Å². The van der Waals surface area contributed by atoms with Crippen molar-refractivity contribution in [2.75, 3.05) is 69.3 Å². The van der Waals surface area contributed by atoms with Crippen LogP contribution in [0, 0.1) is 5.82 Å². The molecule has 0 N–H and O–H groups in total. The van der Waals surface area contributed by atoms with Crippen molar-refractivity contribution in [1.82, 2.24) is 9.21 Å². The third-order valence-corrected chi connectivity index (χ3v) is 10.4. The summed E-state index contributed by atoms with van der Waals surface area (Å²) in [5, 5.41) is 0. The molecule has 4 nitrogen and oxygen atoms in total. The molecule has 0 radical (unpaired) electrons. The molecule has 0 aromatic heterocycles. The van der Waals surface area contributed by atoms with Gasteiger partial charge in [0.1, 0.15) is 15.6 Å². The molecule has 8 heteroatoms. The van der Waals surface area contributed by atoms with E-state index in [4.69, 9.17) is 4.74 Å². The summed E-state index contributed by atoms with van der Waals surface area (Å²) in [6.07, 6.45) is 1.16. The molecule has 2 aliphatic rings. The smallest absolute Gasteiger partial charge is 0.125 e. The van der Waals surface area contributed by atoms with Crippen LogP contribution in [0.3, 0.4) is 0 Å². The summed E-state index contributed by atoms with van der Waals surface area (Å²) in [5.41, 5.74) is 2.49. The molecule has 0 bridgehead atoms. The Balaban J connectivity index is 1.34. The first kappa shape index (κ1) is 26.0. The molecule has 0 spiro atoms. The average molecular weight is 522 g/mol. The van der Waals surface area contributed by atoms with Crippen molar-refractivity contribution in [3.8, 4) is 5.75 Å².